The SMILES string of the molecule is COc1cc2ccnc(O[C@@H]3C[C@H]4C(=O)N[C@]5(C(=O)NS(=O)(=O)C6CC6)C[C@H]5/C=C\CC[C@H](C)C[C@@H](C)CC(=O)N4C3)c2cc1OC. The van der Waals surface area contributed by atoms with Crippen LogP contribution in [0.25, 0.3) is 10.8 Å². The molecule has 3 heterocycles. The van der Waals surface area contributed by atoms with Gasteiger partial charge in [0.05, 0.1) is 26.0 Å². The Morgan fingerprint density at radius 2 is 1.81 bits per heavy atom. The van der Waals surface area contributed by atoms with Gasteiger partial charge in [0.25, 0.3) is 5.91 Å². The number of pyridine rings is 1. The number of aromatic nitrogens is 1. The van der Waals surface area contributed by atoms with E-state index in [0.717, 1.165) is 24.6 Å². The molecule has 1 saturated heterocycles. The maximum atomic E-state index is 14.1. The minimum Gasteiger partial charge on any atom is -0.493 e. The Morgan fingerprint density at radius 3 is 2.53 bits per heavy atom. The summed E-state index contributed by atoms with van der Waals surface area (Å²) in [4.78, 5) is 47.5. The third-order valence-electron chi connectivity index (χ3n) is 9.88. The number of hydrogen-bond acceptors (Lipinski definition) is 9. The highest BCUT2D eigenvalue weighted by Gasteiger charge is 2.62. The molecule has 2 saturated carbocycles. The number of allylic oxidation sites excluding steroid dienone is 1. The minimum absolute atomic E-state index is 0.107. The highest BCUT2D eigenvalue weighted by atomic mass is 32.2. The van der Waals surface area contributed by atoms with E-state index in [1.54, 1.807) is 31.4 Å². The number of carbonyl (C=O) groups excluding carboxylic acids is 3. The summed E-state index contributed by atoms with van der Waals surface area (Å²) in [5.74, 6) is 0.130. The molecule has 4 aliphatic rings. The summed E-state index contributed by atoms with van der Waals surface area (Å²) >= 11 is 0. The average Bonchev–Trinajstić information content (AvgIpc) is 3.95. The molecule has 2 N–H and O–H groups in total. The number of methoxy groups -OCH3 is 2. The van der Waals surface area contributed by atoms with Crippen LogP contribution in [0.5, 0.6) is 17.4 Å². The smallest absolute Gasteiger partial charge is 0.259 e. The quantitative estimate of drug-likeness (QED) is 0.422. The van der Waals surface area contributed by atoms with Gasteiger partial charge in [-0.15, -0.1) is 0 Å². The van der Waals surface area contributed by atoms with E-state index in [2.05, 4.69) is 28.9 Å². The molecule has 254 valence electrons. The van der Waals surface area contributed by atoms with Gasteiger partial charge in [-0.1, -0.05) is 26.0 Å². The van der Waals surface area contributed by atoms with Crippen LogP contribution in [0.1, 0.15) is 65.2 Å². The number of nitrogens with zero attached hydrogens (tertiary/aromatic N) is 2. The molecule has 3 fully saturated rings. The van der Waals surface area contributed by atoms with E-state index in [4.69, 9.17) is 14.2 Å². The predicted octanol–water partition coefficient (Wildman–Crippen LogP) is 3.49. The third-order valence-corrected chi connectivity index (χ3v) is 11.7. The standard InChI is InChI=1S/C34H44N4O8S/c1-20-7-5-6-8-23-18-34(23,33(41)37-47(42,43)25-9-10-25)36-31(40)27-16-24(19-38(27)30(39)14-21(2)13-20)46-32-26-17-29(45-4)28(44-3)15-22(26)11-12-35-32/h6,8,11-12,15,17,20-21,23-25,27H,5,7,9-10,13-14,16,18-19H2,1-4H3,(H,36,40)(H,37,41)/b8-6-/t20-,21+,23+,24+,27-,34+/m0/s1. The molecule has 2 aliphatic heterocycles. The van der Waals surface area contributed by atoms with Gasteiger partial charge >= 0.3 is 0 Å². The Balaban J connectivity index is 1.28. The Bertz CT molecular complexity index is 1690. The Hall–Kier alpha value is -3.87. The molecule has 47 heavy (non-hydrogen) atoms. The van der Waals surface area contributed by atoms with Crippen molar-refractivity contribution in [2.24, 2.45) is 17.8 Å². The first-order chi connectivity index (χ1) is 22.4. The first-order valence-electron chi connectivity index (χ1n) is 16.5. The molecular formula is C34H44N4O8S. The maximum absolute atomic E-state index is 14.1. The zero-order valence-electron chi connectivity index (χ0n) is 27.4. The van der Waals surface area contributed by atoms with Gasteiger partial charge in [0.15, 0.2) is 11.5 Å². The lowest BCUT2D eigenvalue weighted by atomic mass is 9.91. The Morgan fingerprint density at radius 1 is 1.06 bits per heavy atom. The lowest BCUT2D eigenvalue weighted by molar-refractivity contribution is -0.140. The van der Waals surface area contributed by atoms with Gasteiger partial charge in [-0.2, -0.15) is 0 Å². The summed E-state index contributed by atoms with van der Waals surface area (Å²) in [6.45, 7) is 4.38. The lowest BCUT2D eigenvalue weighted by Gasteiger charge is -2.27. The minimum atomic E-state index is -3.82. The van der Waals surface area contributed by atoms with Crippen LogP contribution in [0.2, 0.25) is 0 Å². The number of fused-ring (bicyclic) bond motifs is 3. The molecule has 3 amide bonds. The summed E-state index contributed by atoms with van der Waals surface area (Å²) < 4.78 is 45.0. The van der Waals surface area contributed by atoms with E-state index in [0.29, 0.717) is 41.5 Å². The Kier molecular flexibility index (Phi) is 9.12. The van der Waals surface area contributed by atoms with Crippen LogP contribution >= 0.6 is 0 Å². The number of sulfonamides is 1. The molecule has 12 nitrogen and oxygen atoms in total. The molecule has 0 radical (unpaired) electrons. The maximum Gasteiger partial charge on any atom is 0.259 e. The zero-order valence-corrected chi connectivity index (χ0v) is 28.2. The van der Waals surface area contributed by atoms with Crippen LogP contribution in [-0.4, -0.2) is 79.7 Å². The van der Waals surface area contributed by atoms with E-state index < -0.39 is 44.8 Å². The van der Waals surface area contributed by atoms with Crippen molar-refractivity contribution < 1.29 is 37.0 Å². The summed E-state index contributed by atoms with van der Waals surface area (Å²) in [5.41, 5.74) is -1.41. The fourth-order valence-corrected chi connectivity index (χ4v) is 8.41. The van der Waals surface area contributed by atoms with E-state index in [9.17, 15) is 22.8 Å². The van der Waals surface area contributed by atoms with Gasteiger partial charge in [-0.25, -0.2) is 13.4 Å². The van der Waals surface area contributed by atoms with Crippen LogP contribution in [0.15, 0.2) is 36.5 Å². The number of nitrogens with one attached hydrogen (secondary N) is 2. The van der Waals surface area contributed by atoms with Crippen molar-refractivity contribution >= 4 is 38.5 Å². The van der Waals surface area contributed by atoms with Crippen molar-refractivity contribution in [1.29, 1.82) is 0 Å². The average molecular weight is 669 g/mol. The van der Waals surface area contributed by atoms with E-state index in [1.165, 1.54) is 0 Å². The first kappa shape index (κ1) is 33.0. The highest BCUT2D eigenvalue weighted by molar-refractivity contribution is 7.91. The van der Waals surface area contributed by atoms with Crippen molar-refractivity contribution in [3.8, 4) is 17.4 Å². The van der Waals surface area contributed by atoms with Crippen LogP contribution in [-0.2, 0) is 24.4 Å². The second kappa shape index (κ2) is 13.0. The molecule has 6 atom stereocenters. The van der Waals surface area contributed by atoms with Crippen molar-refractivity contribution in [2.45, 2.75) is 88.1 Å². The predicted molar refractivity (Wildman–Crippen MR) is 174 cm³/mol. The molecule has 2 aliphatic carbocycles. The Labute approximate surface area is 275 Å². The molecule has 1 aromatic heterocycles. The molecule has 13 heteroatoms. The second-order valence-electron chi connectivity index (χ2n) is 13.7. The van der Waals surface area contributed by atoms with Crippen molar-refractivity contribution in [2.75, 3.05) is 20.8 Å². The number of carbonyl (C=O) groups is 3. The van der Waals surface area contributed by atoms with Gasteiger partial charge in [0, 0.05) is 30.3 Å². The van der Waals surface area contributed by atoms with Crippen molar-refractivity contribution in [3.05, 3.63) is 36.5 Å². The third kappa shape index (κ3) is 6.90. The largest absolute Gasteiger partial charge is 0.493 e. The first-order valence-corrected chi connectivity index (χ1v) is 18.0. The number of hydrogen-bond donors (Lipinski definition) is 2. The van der Waals surface area contributed by atoms with Crippen LogP contribution in [0.3, 0.4) is 0 Å². The monoisotopic (exact) mass is 668 g/mol. The molecule has 6 rings (SSSR count). The summed E-state index contributed by atoms with van der Waals surface area (Å²) in [7, 11) is -0.719. The van der Waals surface area contributed by atoms with Gasteiger partial charge in [-0.05, 0) is 73.9 Å². The van der Waals surface area contributed by atoms with Crippen LogP contribution in [0, 0.1) is 17.8 Å². The topological polar surface area (TPSA) is 153 Å². The second-order valence-corrected chi connectivity index (χ2v) is 15.6. The van der Waals surface area contributed by atoms with Gasteiger partial charge in [-0.3, -0.25) is 19.1 Å². The molecule has 2 aromatic rings. The zero-order chi connectivity index (χ0) is 33.5. The van der Waals surface area contributed by atoms with E-state index in [-0.39, 0.29) is 43.6 Å². The van der Waals surface area contributed by atoms with Crippen LogP contribution < -0.4 is 24.2 Å². The summed E-state index contributed by atoms with van der Waals surface area (Å²) in [6, 6.07) is 4.53. The lowest BCUT2D eigenvalue weighted by Crippen LogP contribution is -2.56. The number of rotatable bonds is 7. The molecule has 0 unspecified atom stereocenters. The molecule has 0 spiro atoms. The highest BCUT2D eigenvalue weighted by Crippen LogP contribution is 2.46. The molecular weight excluding hydrogens is 624 g/mol. The normalized spacial score (nSPS) is 30.6. The summed E-state index contributed by atoms with van der Waals surface area (Å²) in [6.07, 6.45) is 9.30. The fraction of sp³-hybridized carbons (Fsp3) is 0.588. The molecule has 1 aromatic carbocycles. The van der Waals surface area contributed by atoms with Gasteiger partial charge in [0.1, 0.15) is 17.7 Å². The number of ether oxygens (including phenoxy) is 3. The number of benzene rings is 1. The number of amides is 3. The van der Waals surface area contributed by atoms with Gasteiger partial charge in [0.2, 0.25) is 27.7 Å². The van der Waals surface area contributed by atoms with Crippen LogP contribution in [0.4, 0.5) is 0 Å². The van der Waals surface area contributed by atoms with E-state index >= 15 is 0 Å². The fourth-order valence-electron chi connectivity index (χ4n) is 7.04. The van der Waals surface area contributed by atoms with Crippen molar-refractivity contribution in [3.63, 3.8) is 0 Å². The van der Waals surface area contributed by atoms with E-state index in [1.807, 2.05) is 24.3 Å². The molecule has 0 bridgehead atoms. The van der Waals surface area contributed by atoms with Gasteiger partial charge < -0.3 is 24.4 Å². The summed E-state index contributed by atoms with van der Waals surface area (Å²) in [5, 5.41) is 3.84. The van der Waals surface area contributed by atoms with Crippen molar-refractivity contribution in [1.82, 2.24) is 19.9 Å².